The smallest absolute Gasteiger partial charge is 0.258 e. The summed E-state index contributed by atoms with van der Waals surface area (Å²) >= 11 is 1.47. The lowest BCUT2D eigenvalue weighted by Gasteiger charge is -2.22. The molecule has 6 heterocycles. The Labute approximate surface area is 218 Å². The summed E-state index contributed by atoms with van der Waals surface area (Å²) in [5.74, 6) is 2.03. The van der Waals surface area contributed by atoms with E-state index in [2.05, 4.69) is 32.5 Å². The van der Waals surface area contributed by atoms with Crippen LogP contribution in [-0.4, -0.2) is 78.0 Å². The van der Waals surface area contributed by atoms with Gasteiger partial charge < -0.3 is 20.4 Å². The molecule has 2 N–H and O–H groups in total. The third-order valence-corrected chi connectivity index (χ3v) is 9.50. The molecule has 192 valence electrons. The second-order valence-electron chi connectivity index (χ2n) is 10.9. The molecule has 0 radical (unpaired) electrons. The summed E-state index contributed by atoms with van der Waals surface area (Å²) in [6.45, 7) is 6.58. The molecule has 0 spiro atoms. The van der Waals surface area contributed by atoms with Crippen molar-refractivity contribution in [3.05, 3.63) is 46.2 Å². The van der Waals surface area contributed by atoms with Crippen molar-refractivity contribution in [3.8, 4) is 0 Å². The van der Waals surface area contributed by atoms with E-state index in [1.54, 1.807) is 6.20 Å². The number of amides is 1. The van der Waals surface area contributed by atoms with Crippen molar-refractivity contribution in [2.75, 3.05) is 57.8 Å². The van der Waals surface area contributed by atoms with Crippen molar-refractivity contribution >= 4 is 49.3 Å². The molecule has 1 amide bonds. The van der Waals surface area contributed by atoms with Crippen molar-refractivity contribution in [2.45, 2.75) is 12.8 Å². The molecule has 0 bridgehead atoms. The molecule has 3 fully saturated rings. The average Bonchev–Trinajstić information content (AvgIpc) is 3.59. The Kier molecular flexibility index (Phi) is 5.63. The minimum Gasteiger partial charge on any atom is -0.352 e. The lowest BCUT2D eigenvalue weighted by Crippen LogP contribution is -2.37. The molecule has 4 aromatic rings. The molecule has 9 nitrogen and oxygen atoms in total. The number of nitrogens with one attached hydrogen (secondary N) is 2. The topological polar surface area (TPSA) is 94.9 Å². The Morgan fingerprint density at radius 1 is 1.14 bits per heavy atom. The van der Waals surface area contributed by atoms with Crippen LogP contribution in [0.25, 0.3) is 26.1 Å². The molecule has 1 aromatic carbocycles. The predicted molar refractivity (Wildman–Crippen MR) is 147 cm³/mol. The van der Waals surface area contributed by atoms with Crippen LogP contribution in [0.1, 0.15) is 23.2 Å². The number of carbonyl (C=O) groups is 1. The fraction of sp³-hybridized carbons (Fsp3) is 0.481. The van der Waals surface area contributed by atoms with Crippen LogP contribution in [0.2, 0.25) is 0 Å². The molecule has 37 heavy (non-hydrogen) atoms. The maximum absolute atomic E-state index is 13.8. The summed E-state index contributed by atoms with van der Waals surface area (Å²) in [6.07, 6.45) is 3.68. The van der Waals surface area contributed by atoms with Crippen molar-refractivity contribution in [1.82, 2.24) is 29.9 Å². The maximum atomic E-state index is 13.8. The highest BCUT2D eigenvalue weighted by molar-refractivity contribution is 7.24. The maximum Gasteiger partial charge on any atom is 0.258 e. The van der Waals surface area contributed by atoms with E-state index in [1.165, 1.54) is 11.3 Å². The average molecular weight is 518 g/mol. The largest absolute Gasteiger partial charge is 0.352 e. The van der Waals surface area contributed by atoms with Crippen LogP contribution in [0.15, 0.2) is 35.3 Å². The Hall–Kier alpha value is -3.08. The highest BCUT2D eigenvalue weighted by Gasteiger charge is 2.39. The number of fused-ring (bicyclic) bond motifs is 6. The van der Waals surface area contributed by atoms with E-state index >= 15 is 0 Å². The van der Waals surface area contributed by atoms with E-state index in [-0.39, 0.29) is 16.9 Å². The van der Waals surface area contributed by atoms with E-state index in [0.717, 1.165) is 62.3 Å². The number of para-hydroxylation sites is 1. The molecular weight excluding hydrogens is 486 g/mol. The van der Waals surface area contributed by atoms with Crippen LogP contribution < -0.4 is 21.0 Å². The van der Waals surface area contributed by atoms with Gasteiger partial charge in [-0.05, 0) is 62.9 Å². The summed E-state index contributed by atoms with van der Waals surface area (Å²) < 4.78 is 3.01. The number of nitrogens with zero attached hydrogens (tertiary/aromatic N) is 5. The van der Waals surface area contributed by atoms with E-state index in [4.69, 9.17) is 4.98 Å². The standard InChI is InChI=1S/C27H31N7O2S/c1-32-12-17-14-33(15-18(17)13-32)27-30-11-19-23(35)22(25(36)29-10-16-6-8-28-9-7-16)26-34(24(19)31-27)20-4-2-3-5-21(20)37-26/h2-5,11,16-18,28H,6-10,12-15H2,1H3,(H,29,36). The zero-order chi connectivity index (χ0) is 25.1. The first-order valence-electron chi connectivity index (χ1n) is 13.2. The Balaban J connectivity index is 1.32. The fourth-order valence-corrected chi connectivity index (χ4v) is 7.62. The first kappa shape index (κ1) is 23.1. The SMILES string of the molecule is CN1CC2CN(c3ncc4c(=O)c(C(=O)NCC5CCNCC5)c5sc6ccccc6n5c4n3)CC2C1. The third-order valence-electron chi connectivity index (χ3n) is 8.36. The lowest BCUT2D eigenvalue weighted by atomic mass is 9.98. The number of thiazole rings is 1. The number of hydrogen-bond donors (Lipinski definition) is 2. The van der Waals surface area contributed by atoms with Crippen LogP contribution in [0.5, 0.6) is 0 Å². The van der Waals surface area contributed by atoms with Gasteiger partial charge in [-0.3, -0.25) is 14.0 Å². The molecule has 10 heteroatoms. The van der Waals surface area contributed by atoms with Crippen molar-refractivity contribution in [1.29, 1.82) is 0 Å². The number of piperidine rings is 1. The second kappa shape index (κ2) is 9.04. The number of pyridine rings is 1. The van der Waals surface area contributed by atoms with Crippen LogP contribution in [0, 0.1) is 17.8 Å². The zero-order valence-corrected chi connectivity index (χ0v) is 21.8. The van der Waals surface area contributed by atoms with Gasteiger partial charge in [0.2, 0.25) is 11.4 Å². The van der Waals surface area contributed by atoms with Crippen LogP contribution >= 0.6 is 11.3 Å². The highest BCUT2D eigenvalue weighted by Crippen LogP contribution is 2.34. The van der Waals surface area contributed by atoms with Gasteiger partial charge in [-0.25, -0.2) is 4.98 Å². The van der Waals surface area contributed by atoms with Gasteiger partial charge in [-0.15, -0.1) is 11.3 Å². The molecule has 3 aliphatic rings. The summed E-state index contributed by atoms with van der Waals surface area (Å²) in [5.41, 5.74) is 1.42. The third kappa shape index (κ3) is 3.89. The molecule has 0 aliphatic carbocycles. The van der Waals surface area contributed by atoms with Gasteiger partial charge in [0.05, 0.1) is 15.6 Å². The summed E-state index contributed by atoms with van der Waals surface area (Å²) in [4.78, 5) is 42.1. The number of carbonyl (C=O) groups excluding carboxylic acids is 1. The molecule has 3 aromatic heterocycles. The number of rotatable bonds is 4. The van der Waals surface area contributed by atoms with Gasteiger partial charge >= 0.3 is 0 Å². The molecule has 7 rings (SSSR count). The Morgan fingerprint density at radius 3 is 2.68 bits per heavy atom. The molecule has 2 atom stereocenters. The van der Waals surface area contributed by atoms with E-state index in [0.29, 0.717) is 46.1 Å². The summed E-state index contributed by atoms with van der Waals surface area (Å²) in [6, 6.07) is 8.02. The number of likely N-dealkylation sites (tertiary alicyclic amines) is 1. The Morgan fingerprint density at radius 2 is 1.89 bits per heavy atom. The molecular formula is C27H31N7O2S. The number of anilines is 1. The fourth-order valence-electron chi connectivity index (χ4n) is 6.44. The lowest BCUT2D eigenvalue weighted by molar-refractivity contribution is 0.0945. The van der Waals surface area contributed by atoms with Gasteiger partial charge in [0.25, 0.3) is 5.91 Å². The van der Waals surface area contributed by atoms with E-state index in [1.807, 2.05) is 28.7 Å². The number of hydrogen-bond acceptors (Lipinski definition) is 8. The molecule has 0 saturated carbocycles. The minimum absolute atomic E-state index is 0.192. The highest BCUT2D eigenvalue weighted by atomic mass is 32.1. The first-order chi connectivity index (χ1) is 18.1. The van der Waals surface area contributed by atoms with Gasteiger partial charge in [-0.2, -0.15) is 4.98 Å². The van der Waals surface area contributed by atoms with Crippen molar-refractivity contribution in [2.24, 2.45) is 17.8 Å². The van der Waals surface area contributed by atoms with Crippen LogP contribution in [0.3, 0.4) is 0 Å². The van der Waals surface area contributed by atoms with E-state index in [9.17, 15) is 9.59 Å². The van der Waals surface area contributed by atoms with Gasteiger partial charge in [0.15, 0.2) is 5.65 Å². The van der Waals surface area contributed by atoms with Gasteiger partial charge in [0.1, 0.15) is 10.4 Å². The van der Waals surface area contributed by atoms with E-state index < -0.39 is 0 Å². The Bertz CT molecular complexity index is 1560. The van der Waals surface area contributed by atoms with Crippen molar-refractivity contribution < 1.29 is 4.79 Å². The summed E-state index contributed by atoms with van der Waals surface area (Å²) in [5, 5.41) is 6.81. The quantitative estimate of drug-likeness (QED) is 0.429. The van der Waals surface area contributed by atoms with Crippen LogP contribution in [0.4, 0.5) is 5.95 Å². The summed E-state index contributed by atoms with van der Waals surface area (Å²) in [7, 11) is 2.18. The van der Waals surface area contributed by atoms with Crippen LogP contribution in [-0.2, 0) is 0 Å². The zero-order valence-electron chi connectivity index (χ0n) is 20.9. The molecule has 3 aliphatic heterocycles. The van der Waals surface area contributed by atoms with Gasteiger partial charge in [0, 0.05) is 38.9 Å². The molecule has 3 saturated heterocycles. The monoisotopic (exact) mass is 517 g/mol. The first-order valence-corrected chi connectivity index (χ1v) is 14.0. The number of aromatic nitrogens is 3. The molecule has 2 unspecified atom stereocenters. The normalized spacial score (nSPS) is 22.9. The predicted octanol–water partition coefficient (Wildman–Crippen LogP) is 2.18. The van der Waals surface area contributed by atoms with Crippen molar-refractivity contribution in [3.63, 3.8) is 0 Å². The second-order valence-corrected chi connectivity index (χ2v) is 11.9. The number of benzene rings is 1. The van der Waals surface area contributed by atoms with Gasteiger partial charge in [-0.1, -0.05) is 12.1 Å². The minimum atomic E-state index is -0.310.